The van der Waals surface area contributed by atoms with E-state index in [-0.39, 0.29) is 17.0 Å². The number of nitrogens with one attached hydrogen (secondary N) is 1. The molecule has 0 aliphatic rings. The third-order valence-electron chi connectivity index (χ3n) is 2.13. The average Bonchev–Trinajstić information content (AvgIpc) is 2.14. The first-order chi connectivity index (χ1) is 7.21. The molecular formula is C11H13FN2O2. The summed E-state index contributed by atoms with van der Waals surface area (Å²) in [5.74, 6) is -0.696. The lowest BCUT2D eigenvalue weighted by atomic mass is 9.85. The van der Waals surface area contributed by atoms with Crippen molar-refractivity contribution in [2.45, 2.75) is 20.8 Å². The van der Waals surface area contributed by atoms with E-state index in [4.69, 9.17) is 5.41 Å². The van der Waals surface area contributed by atoms with Gasteiger partial charge in [-0.1, -0.05) is 20.8 Å². The van der Waals surface area contributed by atoms with E-state index in [2.05, 4.69) is 0 Å². The van der Waals surface area contributed by atoms with Gasteiger partial charge in [0.1, 0.15) is 5.82 Å². The number of rotatable bonds is 2. The summed E-state index contributed by atoms with van der Waals surface area (Å²) in [6.07, 6.45) is 0. The van der Waals surface area contributed by atoms with Gasteiger partial charge in [0.05, 0.1) is 11.0 Å². The van der Waals surface area contributed by atoms with Crippen molar-refractivity contribution in [1.82, 2.24) is 0 Å². The number of nitro groups is 1. The van der Waals surface area contributed by atoms with Gasteiger partial charge >= 0.3 is 0 Å². The summed E-state index contributed by atoms with van der Waals surface area (Å²) in [6.45, 7) is 5.39. The van der Waals surface area contributed by atoms with Gasteiger partial charge in [-0.25, -0.2) is 4.39 Å². The first-order valence-corrected chi connectivity index (χ1v) is 4.76. The molecule has 0 radical (unpaired) electrons. The standard InChI is InChI=1S/C11H13FN2O2/c1-11(2,3)10(13)7-4-8(12)6-9(5-7)14(15)16/h4-6,13H,1-3H3. The first-order valence-electron chi connectivity index (χ1n) is 4.76. The van der Waals surface area contributed by atoms with E-state index in [1.54, 1.807) is 20.8 Å². The fourth-order valence-corrected chi connectivity index (χ4v) is 1.26. The molecule has 0 unspecified atom stereocenters. The van der Waals surface area contributed by atoms with Gasteiger partial charge < -0.3 is 5.41 Å². The second kappa shape index (κ2) is 4.00. The number of benzene rings is 1. The van der Waals surface area contributed by atoms with Gasteiger partial charge in [-0.15, -0.1) is 0 Å². The van der Waals surface area contributed by atoms with Crippen LogP contribution >= 0.6 is 0 Å². The number of nitro benzene ring substituents is 1. The molecule has 1 aromatic carbocycles. The molecule has 0 bridgehead atoms. The molecule has 5 heteroatoms. The summed E-state index contributed by atoms with van der Waals surface area (Å²) in [4.78, 5) is 9.88. The maximum Gasteiger partial charge on any atom is 0.273 e. The minimum Gasteiger partial charge on any atom is -0.304 e. The Morgan fingerprint density at radius 2 is 1.94 bits per heavy atom. The van der Waals surface area contributed by atoms with Crippen molar-refractivity contribution in [1.29, 1.82) is 5.41 Å². The summed E-state index contributed by atoms with van der Waals surface area (Å²) < 4.78 is 13.1. The quantitative estimate of drug-likeness (QED) is 0.476. The zero-order valence-corrected chi connectivity index (χ0v) is 9.37. The van der Waals surface area contributed by atoms with E-state index < -0.39 is 16.2 Å². The van der Waals surface area contributed by atoms with Gasteiger partial charge in [-0.2, -0.15) is 0 Å². The number of nitrogens with zero attached hydrogens (tertiary/aromatic N) is 1. The van der Waals surface area contributed by atoms with Crippen LogP contribution in [-0.4, -0.2) is 10.6 Å². The zero-order valence-electron chi connectivity index (χ0n) is 9.37. The molecule has 0 saturated heterocycles. The van der Waals surface area contributed by atoms with Gasteiger partial charge in [0.25, 0.3) is 5.69 Å². The molecule has 0 atom stereocenters. The molecular weight excluding hydrogens is 211 g/mol. The molecule has 0 aliphatic carbocycles. The Hall–Kier alpha value is -1.78. The van der Waals surface area contributed by atoms with E-state index >= 15 is 0 Å². The highest BCUT2D eigenvalue weighted by atomic mass is 19.1. The van der Waals surface area contributed by atoms with Crippen molar-refractivity contribution in [2.75, 3.05) is 0 Å². The first kappa shape index (κ1) is 12.3. The van der Waals surface area contributed by atoms with Crippen molar-refractivity contribution in [2.24, 2.45) is 5.41 Å². The number of hydrogen-bond acceptors (Lipinski definition) is 3. The van der Waals surface area contributed by atoms with E-state index in [1.807, 2.05) is 0 Å². The highest BCUT2D eigenvalue weighted by Gasteiger charge is 2.21. The smallest absolute Gasteiger partial charge is 0.273 e. The zero-order chi connectivity index (χ0) is 12.5. The second-order valence-electron chi connectivity index (χ2n) is 4.58. The monoisotopic (exact) mass is 224 g/mol. The molecule has 86 valence electrons. The Labute approximate surface area is 92.8 Å². The fourth-order valence-electron chi connectivity index (χ4n) is 1.26. The van der Waals surface area contributed by atoms with Gasteiger partial charge in [0.15, 0.2) is 0 Å². The van der Waals surface area contributed by atoms with Gasteiger partial charge in [-0.3, -0.25) is 10.1 Å². The molecule has 16 heavy (non-hydrogen) atoms. The minimum atomic E-state index is -0.696. The summed E-state index contributed by atoms with van der Waals surface area (Å²) in [5, 5.41) is 18.4. The van der Waals surface area contributed by atoms with E-state index in [0.717, 1.165) is 12.1 Å². The predicted octanol–water partition coefficient (Wildman–Crippen LogP) is 3.15. The molecule has 0 saturated carbocycles. The fraction of sp³-hybridized carbons (Fsp3) is 0.364. The molecule has 0 fully saturated rings. The number of halogens is 1. The van der Waals surface area contributed by atoms with E-state index in [9.17, 15) is 14.5 Å². The normalized spacial score (nSPS) is 11.2. The van der Waals surface area contributed by atoms with Crippen LogP contribution in [-0.2, 0) is 0 Å². The Morgan fingerprint density at radius 3 is 2.38 bits per heavy atom. The summed E-state index contributed by atoms with van der Waals surface area (Å²) in [7, 11) is 0. The Kier molecular flexibility index (Phi) is 3.07. The molecule has 0 amide bonds. The van der Waals surface area contributed by atoms with Crippen LogP contribution < -0.4 is 0 Å². The lowest BCUT2D eigenvalue weighted by Crippen LogP contribution is -2.20. The highest BCUT2D eigenvalue weighted by Crippen LogP contribution is 2.24. The van der Waals surface area contributed by atoms with Crippen LogP contribution in [0, 0.1) is 26.8 Å². The van der Waals surface area contributed by atoms with Crippen molar-refractivity contribution in [3.63, 3.8) is 0 Å². The largest absolute Gasteiger partial charge is 0.304 e. The third kappa shape index (κ3) is 2.62. The van der Waals surface area contributed by atoms with Crippen molar-refractivity contribution in [3.05, 3.63) is 39.7 Å². The molecule has 0 heterocycles. The number of non-ortho nitro benzene ring substituents is 1. The van der Waals surface area contributed by atoms with Crippen LogP contribution in [0.1, 0.15) is 26.3 Å². The van der Waals surface area contributed by atoms with Crippen LogP contribution in [0.15, 0.2) is 18.2 Å². The van der Waals surface area contributed by atoms with Crippen LogP contribution in [0.2, 0.25) is 0 Å². The van der Waals surface area contributed by atoms with Crippen molar-refractivity contribution in [3.8, 4) is 0 Å². The van der Waals surface area contributed by atoms with Crippen molar-refractivity contribution >= 4 is 11.4 Å². The lowest BCUT2D eigenvalue weighted by molar-refractivity contribution is -0.385. The number of hydrogen-bond donors (Lipinski definition) is 1. The van der Waals surface area contributed by atoms with Gasteiger partial charge in [0.2, 0.25) is 0 Å². The SMILES string of the molecule is CC(C)(C)C(=N)c1cc(F)cc([N+](=O)[O-])c1. The molecule has 0 spiro atoms. The van der Waals surface area contributed by atoms with Crippen LogP contribution in [0.3, 0.4) is 0 Å². The summed E-state index contributed by atoms with van der Waals surface area (Å²) >= 11 is 0. The highest BCUT2D eigenvalue weighted by molar-refractivity contribution is 6.02. The van der Waals surface area contributed by atoms with Crippen LogP contribution in [0.4, 0.5) is 10.1 Å². The average molecular weight is 224 g/mol. The molecule has 1 N–H and O–H groups in total. The maximum absolute atomic E-state index is 13.1. The van der Waals surface area contributed by atoms with Crippen LogP contribution in [0.5, 0.6) is 0 Å². The molecule has 1 aromatic rings. The van der Waals surface area contributed by atoms with Gasteiger partial charge in [0, 0.05) is 22.8 Å². The Bertz CT molecular complexity index is 450. The Morgan fingerprint density at radius 1 is 1.38 bits per heavy atom. The molecule has 0 aliphatic heterocycles. The molecule has 4 nitrogen and oxygen atoms in total. The van der Waals surface area contributed by atoms with E-state index in [1.165, 1.54) is 6.07 Å². The van der Waals surface area contributed by atoms with Crippen LogP contribution in [0.25, 0.3) is 0 Å². The molecule has 1 rings (SSSR count). The van der Waals surface area contributed by atoms with Crippen molar-refractivity contribution < 1.29 is 9.31 Å². The second-order valence-corrected chi connectivity index (χ2v) is 4.58. The summed E-state index contributed by atoms with van der Waals surface area (Å²) in [5.41, 5.74) is -0.375. The molecule has 0 aromatic heterocycles. The van der Waals surface area contributed by atoms with Gasteiger partial charge in [-0.05, 0) is 6.07 Å². The topological polar surface area (TPSA) is 67.0 Å². The minimum absolute atomic E-state index is 0.176. The predicted molar refractivity (Wildman–Crippen MR) is 59.3 cm³/mol. The van der Waals surface area contributed by atoms with E-state index in [0.29, 0.717) is 0 Å². The maximum atomic E-state index is 13.1. The summed E-state index contributed by atoms with van der Waals surface area (Å²) in [6, 6.07) is 3.21. The Balaban J connectivity index is 3.26. The lowest BCUT2D eigenvalue weighted by Gasteiger charge is -2.19. The third-order valence-corrected chi connectivity index (χ3v) is 2.13.